The second-order valence-corrected chi connectivity index (χ2v) is 3.45. The van der Waals surface area contributed by atoms with Crippen LogP contribution in [-0.4, -0.2) is 16.1 Å². The van der Waals surface area contributed by atoms with Gasteiger partial charge in [-0.2, -0.15) is 0 Å². The Kier molecular flexibility index (Phi) is 2.21. The van der Waals surface area contributed by atoms with E-state index in [4.69, 9.17) is 16.7 Å². The molecule has 0 atom stereocenters. The molecule has 0 unspecified atom stereocenters. The summed E-state index contributed by atoms with van der Waals surface area (Å²) in [4.78, 5) is 24.3. The van der Waals surface area contributed by atoms with E-state index in [1.165, 1.54) is 18.2 Å². The summed E-state index contributed by atoms with van der Waals surface area (Å²) < 4.78 is 0. The van der Waals surface area contributed by atoms with Gasteiger partial charge in [-0.05, 0) is 12.1 Å². The fraction of sp³-hybridized carbons (Fsp3) is 0. The second-order valence-electron chi connectivity index (χ2n) is 3.05. The second kappa shape index (κ2) is 3.40. The summed E-state index contributed by atoms with van der Waals surface area (Å²) in [6.07, 6.45) is 0. The van der Waals surface area contributed by atoms with Crippen LogP contribution in [0.3, 0.4) is 0 Å². The van der Waals surface area contributed by atoms with Gasteiger partial charge in [-0.3, -0.25) is 4.79 Å². The van der Waals surface area contributed by atoms with E-state index in [0.29, 0.717) is 15.9 Å². The Labute approximate surface area is 89.1 Å². The number of rotatable bonds is 1. The van der Waals surface area contributed by atoms with Crippen LogP contribution in [0.5, 0.6) is 0 Å². The predicted molar refractivity (Wildman–Crippen MR) is 56.5 cm³/mol. The van der Waals surface area contributed by atoms with Crippen molar-refractivity contribution in [2.75, 3.05) is 0 Å². The Bertz CT molecular complexity index is 603. The smallest absolute Gasteiger partial charge is 0.335 e. The van der Waals surface area contributed by atoms with Crippen molar-refractivity contribution in [2.45, 2.75) is 0 Å². The van der Waals surface area contributed by atoms with Gasteiger partial charge in [0.25, 0.3) is 0 Å². The number of aromatic nitrogens is 1. The highest BCUT2D eigenvalue weighted by Crippen LogP contribution is 2.20. The van der Waals surface area contributed by atoms with Crippen LogP contribution in [0.4, 0.5) is 0 Å². The molecule has 0 fully saturated rings. The molecule has 0 aliphatic rings. The zero-order valence-corrected chi connectivity index (χ0v) is 8.21. The highest BCUT2D eigenvalue weighted by atomic mass is 35.5. The maximum Gasteiger partial charge on any atom is 0.335 e. The third-order valence-electron chi connectivity index (χ3n) is 2.04. The first-order chi connectivity index (χ1) is 7.08. The van der Waals surface area contributed by atoms with Crippen LogP contribution in [0.1, 0.15) is 10.4 Å². The minimum absolute atomic E-state index is 0.111. The van der Waals surface area contributed by atoms with Crippen molar-refractivity contribution in [2.24, 2.45) is 0 Å². The lowest BCUT2D eigenvalue weighted by Crippen LogP contribution is -2.04. The molecule has 2 aromatic rings. The van der Waals surface area contributed by atoms with E-state index in [9.17, 15) is 9.59 Å². The van der Waals surface area contributed by atoms with Crippen molar-refractivity contribution < 1.29 is 9.90 Å². The maximum atomic E-state index is 11.1. The number of carbonyl (C=O) groups is 1. The normalized spacial score (nSPS) is 10.5. The Morgan fingerprint density at radius 1 is 1.33 bits per heavy atom. The largest absolute Gasteiger partial charge is 0.478 e. The highest BCUT2D eigenvalue weighted by Gasteiger charge is 2.06. The first kappa shape index (κ1) is 9.73. The summed E-state index contributed by atoms with van der Waals surface area (Å²) in [5, 5.41) is 9.69. The lowest BCUT2D eigenvalue weighted by molar-refractivity contribution is 0.0697. The molecular weight excluding hydrogens is 218 g/mol. The van der Waals surface area contributed by atoms with E-state index in [2.05, 4.69) is 4.98 Å². The van der Waals surface area contributed by atoms with Gasteiger partial charge in [-0.1, -0.05) is 17.7 Å². The minimum Gasteiger partial charge on any atom is -0.478 e. The number of aromatic carboxylic acids is 1. The molecule has 0 saturated heterocycles. The third-order valence-corrected chi connectivity index (χ3v) is 2.35. The molecule has 0 spiro atoms. The Morgan fingerprint density at radius 3 is 2.73 bits per heavy atom. The quantitative estimate of drug-likeness (QED) is 0.776. The summed E-state index contributed by atoms with van der Waals surface area (Å²) in [7, 11) is 0. The van der Waals surface area contributed by atoms with Gasteiger partial charge in [0.15, 0.2) is 0 Å². The zero-order valence-electron chi connectivity index (χ0n) is 7.45. The zero-order chi connectivity index (χ0) is 11.0. The first-order valence-electron chi connectivity index (χ1n) is 4.14. The van der Waals surface area contributed by atoms with Crippen molar-refractivity contribution in [1.29, 1.82) is 0 Å². The number of halogens is 1. The average Bonchev–Trinajstić information content (AvgIpc) is 2.16. The highest BCUT2D eigenvalue weighted by molar-refractivity contribution is 6.35. The van der Waals surface area contributed by atoms with Crippen molar-refractivity contribution in [1.82, 2.24) is 4.98 Å². The van der Waals surface area contributed by atoms with Gasteiger partial charge in [0, 0.05) is 11.5 Å². The molecule has 0 aliphatic heterocycles. The first-order valence-corrected chi connectivity index (χ1v) is 4.51. The fourth-order valence-corrected chi connectivity index (χ4v) is 1.61. The number of H-pyrrole nitrogens is 1. The lowest BCUT2D eigenvalue weighted by atomic mass is 10.1. The van der Waals surface area contributed by atoms with Crippen LogP contribution >= 0.6 is 11.6 Å². The van der Waals surface area contributed by atoms with E-state index < -0.39 is 5.97 Å². The minimum atomic E-state index is -1.04. The summed E-state index contributed by atoms with van der Waals surface area (Å²) in [6.45, 7) is 0. The van der Waals surface area contributed by atoms with Crippen molar-refractivity contribution >= 4 is 28.5 Å². The molecule has 15 heavy (non-hydrogen) atoms. The predicted octanol–water partition coefficient (Wildman–Crippen LogP) is 1.88. The summed E-state index contributed by atoms with van der Waals surface area (Å²) in [5.41, 5.74) is 0.183. The molecule has 2 N–H and O–H groups in total. The number of pyridine rings is 1. The van der Waals surface area contributed by atoms with Gasteiger partial charge in [-0.15, -0.1) is 0 Å². The van der Waals surface area contributed by atoms with Gasteiger partial charge in [-0.25, -0.2) is 4.79 Å². The summed E-state index contributed by atoms with van der Waals surface area (Å²) in [5.74, 6) is -1.04. The Balaban J connectivity index is 2.82. The van der Waals surface area contributed by atoms with Crippen LogP contribution in [-0.2, 0) is 0 Å². The van der Waals surface area contributed by atoms with E-state index in [-0.39, 0.29) is 11.1 Å². The molecule has 0 radical (unpaired) electrons. The van der Waals surface area contributed by atoms with Crippen LogP contribution in [0.25, 0.3) is 10.9 Å². The average molecular weight is 224 g/mol. The number of hydrogen-bond acceptors (Lipinski definition) is 2. The van der Waals surface area contributed by atoms with Gasteiger partial charge in [0.05, 0.1) is 16.1 Å². The molecule has 0 bridgehead atoms. The van der Waals surface area contributed by atoms with Crippen LogP contribution in [0.2, 0.25) is 5.02 Å². The molecule has 76 valence electrons. The molecule has 0 aliphatic carbocycles. The number of nitrogens with one attached hydrogen (secondary N) is 1. The van der Waals surface area contributed by atoms with E-state index >= 15 is 0 Å². The molecule has 2 rings (SSSR count). The fourth-order valence-electron chi connectivity index (χ4n) is 1.35. The summed E-state index contributed by atoms with van der Waals surface area (Å²) in [6, 6.07) is 5.64. The van der Waals surface area contributed by atoms with Crippen molar-refractivity contribution in [3.8, 4) is 0 Å². The molecule has 5 heteroatoms. The van der Waals surface area contributed by atoms with Gasteiger partial charge in [0.2, 0.25) is 5.56 Å². The number of carboxylic acid groups (broad SMARTS) is 1. The molecule has 4 nitrogen and oxygen atoms in total. The monoisotopic (exact) mass is 223 g/mol. The number of fused-ring (bicyclic) bond motifs is 1. The van der Waals surface area contributed by atoms with Crippen LogP contribution in [0.15, 0.2) is 29.1 Å². The number of hydrogen-bond donors (Lipinski definition) is 2. The molecule has 1 aromatic carbocycles. The SMILES string of the molecule is O=C(O)c1ccc2c(Cl)cc(=O)[nH]c2c1. The number of benzene rings is 1. The number of aromatic amines is 1. The molecule has 1 heterocycles. The molecular formula is C10H6ClNO3. The third kappa shape index (κ3) is 1.71. The Morgan fingerprint density at radius 2 is 2.07 bits per heavy atom. The van der Waals surface area contributed by atoms with Crippen molar-refractivity contribution in [3.05, 3.63) is 45.2 Å². The number of carboxylic acids is 1. The van der Waals surface area contributed by atoms with Gasteiger partial charge in [0.1, 0.15) is 0 Å². The Hall–Kier alpha value is -1.81. The lowest BCUT2D eigenvalue weighted by Gasteiger charge is -2.01. The van der Waals surface area contributed by atoms with E-state index in [0.717, 1.165) is 0 Å². The van der Waals surface area contributed by atoms with E-state index in [1.807, 2.05) is 0 Å². The maximum absolute atomic E-state index is 11.1. The van der Waals surface area contributed by atoms with Crippen LogP contribution in [0, 0.1) is 0 Å². The molecule has 0 amide bonds. The van der Waals surface area contributed by atoms with Gasteiger partial charge < -0.3 is 10.1 Å². The molecule has 1 aromatic heterocycles. The molecule has 0 saturated carbocycles. The van der Waals surface area contributed by atoms with Crippen molar-refractivity contribution in [3.63, 3.8) is 0 Å². The van der Waals surface area contributed by atoms with Gasteiger partial charge >= 0.3 is 5.97 Å². The van der Waals surface area contributed by atoms with Crippen LogP contribution < -0.4 is 5.56 Å². The standard InChI is InChI=1S/C10H6ClNO3/c11-7-4-9(13)12-8-3-5(10(14)15)1-2-6(7)8/h1-4H,(H,12,13)(H,14,15). The summed E-state index contributed by atoms with van der Waals surface area (Å²) >= 11 is 5.83. The topological polar surface area (TPSA) is 70.2 Å². The van der Waals surface area contributed by atoms with E-state index in [1.54, 1.807) is 6.07 Å².